The van der Waals surface area contributed by atoms with Crippen LogP contribution in [0.4, 0.5) is 0 Å². The molecule has 0 spiro atoms. The Morgan fingerprint density at radius 1 is 0.917 bits per heavy atom. The lowest BCUT2D eigenvalue weighted by molar-refractivity contribution is 0.0930. The lowest BCUT2D eigenvalue weighted by Gasteiger charge is -2.12. The highest BCUT2D eigenvalue weighted by atomic mass is 16.2. The molecule has 0 bridgehead atoms. The molecule has 1 aliphatic carbocycles. The highest BCUT2D eigenvalue weighted by molar-refractivity contribution is 5.97. The highest BCUT2D eigenvalue weighted by Gasteiger charge is 2.18. The fourth-order valence-corrected chi connectivity index (χ4v) is 2.90. The molecule has 1 aliphatic rings. The zero-order valence-corrected chi connectivity index (χ0v) is 13.5. The first-order valence-electron chi connectivity index (χ1n) is 8.30. The molecule has 1 fully saturated rings. The summed E-state index contributed by atoms with van der Waals surface area (Å²) in [5, 5.41) is 5.90. The number of carbonyl (C=O) groups excluding carboxylic acids is 2. The van der Waals surface area contributed by atoms with E-state index in [9.17, 15) is 9.59 Å². The van der Waals surface area contributed by atoms with Crippen molar-refractivity contribution in [2.24, 2.45) is 0 Å². The van der Waals surface area contributed by atoms with E-state index in [4.69, 9.17) is 0 Å². The van der Waals surface area contributed by atoms with Crippen molar-refractivity contribution in [2.45, 2.75) is 38.3 Å². The van der Waals surface area contributed by atoms with Gasteiger partial charge in [-0.2, -0.15) is 0 Å². The van der Waals surface area contributed by atoms with Crippen molar-refractivity contribution in [3.05, 3.63) is 65.5 Å². The zero-order valence-electron chi connectivity index (χ0n) is 13.5. The second-order valence-corrected chi connectivity index (χ2v) is 6.07. The Hall–Kier alpha value is -2.69. The Balaban J connectivity index is 1.55. The number of pyridine rings is 1. The molecule has 0 radical (unpaired) electrons. The van der Waals surface area contributed by atoms with Crippen LogP contribution in [0.3, 0.4) is 0 Å². The normalized spacial score (nSPS) is 14.3. The van der Waals surface area contributed by atoms with Gasteiger partial charge in [0.25, 0.3) is 11.8 Å². The molecule has 0 atom stereocenters. The van der Waals surface area contributed by atoms with Crippen molar-refractivity contribution in [3.8, 4) is 0 Å². The third-order valence-electron chi connectivity index (χ3n) is 4.30. The molecule has 124 valence electrons. The van der Waals surface area contributed by atoms with Crippen LogP contribution >= 0.6 is 0 Å². The molecule has 1 aromatic heterocycles. The molecular formula is C19H21N3O2. The molecule has 24 heavy (non-hydrogen) atoms. The van der Waals surface area contributed by atoms with Crippen LogP contribution in [0.1, 0.15) is 52.0 Å². The molecular weight excluding hydrogens is 302 g/mol. The van der Waals surface area contributed by atoms with Crippen LogP contribution in [0.5, 0.6) is 0 Å². The molecule has 0 saturated heterocycles. The number of hydrogen-bond donors (Lipinski definition) is 2. The summed E-state index contributed by atoms with van der Waals surface area (Å²) in [5.74, 6) is -0.222. The molecule has 0 unspecified atom stereocenters. The van der Waals surface area contributed by atoms with Crippen molar-refractivity contribution in [1.29, 1.82) is 0 Å². The van der Waals surface area contributed by atoms with Crippen molar-refractivity contribution in [3.63, 3.8) is 0 Å². The maximum atomic E-state index is 12.2. The Bertz CT molecular complexity index is 692. The van der Waals surface area contributed by atoms with Gasteiger partial charge in [-0.3, -0.25) is 14.6 Å². The second kappa shape index (κ2) is 7.73. The third-order valence-corrected chi connectivity index (χ3v) is 4.30. The van der Waals surface area contributed by atoms with Gasteiger partial charge < -0.3 is 10.6 Å². The van der Waals surface area contributed by atoms with Crippen LogP contribution < -0.4 is 10.6 Å². The van der Waals surface area contributed by atoms with E-state index in [1.165, 1.54) is 12.8 Å². The standard InChI is InChI=1S/C19H21N3O2/c23-18(21-13-14-9-11-20-12-10-14)15-5-7-16(8-6-15)19(24)22-17-3-1-2-4-17/h5-12,17H,1-4,13H2,(H,21,23)(H,22,24). The number of nitrogens with one attached hydrogen (secondary N) is 2. The van der Waals surface area contributed by atoms with Gasteiger partial charge >= 0.3 is 0 Å². The van der Waals surface area contributed by atoms with Crippen LogP contribution in [0.2, 0.25) is 0 Å². The predicted molar refractivity (Wildman–Crippen MR) is 91.6 cm³/mol. The molecule has 0 aliphatic heterocycles. The van der Waals surface area contributed by atoms with E-state index >= 15 is 0 Å². The van der Waals surface area contributed by atoms with E-state index in [-0.39, 0.29) is 11.8 Å². The summed E-state index contributed by atoms with van der Waals surface area (Å²) in [6.45, 7) is 0.450. The van der Waals surface area contributed by atoms with E-state index in [0.29, 0.717) is 23.7 Å². The van der Waals surface area contributed by atoms with Gasteiger partial charge in [-0.1, -0.05) is 12.8 Å². The smallest absolute Gasteiger partial charge is 0.251 e. The van der Waals surface area contributed by atoms with E-state index in [1.54, 1.807) is 36.7 Å². The molecule has 2 aromatic rings. The summed E-state index contributed by atoms with van der Waals surface area (Å²) < 4.78 is 0. The topological polar surface area (TPSA) is 71.1 Å². The summed E-state index contributed by atoms with van der Waals surface area (Å²) >= 11 is 0. The minimum atomic E-state index is -0.158. The number of amides is 2. The van der Waals surface area contributed by atoms with Gasteiger partial charge in [0.2, 0.25) is 0 Å². The molecule has 2 amide bonds. The van der Waals surface area contributed by atoms with Crippen molar-refractivity contribution >= 4 is 11.8 Å². The van der Waals surface area contributed by atoms with Crippen molar-refractivity contribution in [2.75, 3.05) is 0 Å². The quantitative estimate of drug-likeness (QED) is 0.888. The summed E-state index contributed by atoms with van der Waals surface area (Å²) in [5.41, 5.74) is 2.12. The van der Waals surface area contributed by atoms with E-state index in [1.807, 2.05) is 12.1 Å². The number of aromatic nitrogens is 1. The largest absolute Gasteiger partial charge is 0.349 e. The number of hydrogen-bond acceptors (Lipinski definition) is 3. The fraction of sp³-hybridized carbons (Fsp3) is 0.316. The van der Waals surface area contributed by atoms with Crippen LogP contribution in [0, 0.1) is 0 Å². The van der Waals surface area contributed by atoms with Crippen molar-refractivity contribution in [1.82, 2.24) is 15.6 Å². The lowest BCUT2D eigenvalue weighted by Crippen LogP contribution is -2.32. The first-order valence-corrected chi connectivity index (χ1v) is 8.30. The van der Waals surface area contributed by atoms with Crippen LogP contribution in [0.15, 0.2) is 48.8 Å². The number of carbonyl (C=O) groups is 2. The molecule has 1 saturated carbocycles. The van der Waals surface area contributed by atoms with Crippen LogP contribution in [-0.4, -0.2) is 22.8 Å². The van der Waals surface area contributed by atoms with Gasteiger partial charge in [0.15, 0.2) is 0 Å². The monoisotopic (exact) mass is 323 g/mol. The van der Waals surface area contributed by atoms with Gasteiger partial charge in [0, 0.05) is 36.1 Å². The molecule has 5 heteroatoms. The summed E-state index contributed by atoms with van der Waals surface area (Å²) in [4.78, 5) is 28.3. The van der Waals surface area contributed by atoms with Crippen LogP contribution in [0.25, 0.3) is 0 Å². The van der Waals surface area contributed by atoms with Gasteiger partial charge in [-0.25, -0.2) is 0 Å². The first kappa shape index (κ1) is 16.2. The maximum Gasteiger partial charge on any atom is 0.251 e. The minimum absolute atomic E-state index is 0.0642. The molecule has 1 aromatic carbocycles. The van der Waals surface area contributed by atoms with Gasteiger partial charge in [0.05, 0.1) is 0 Å². The van der Waals surface area contributed by atoms with E-state index in [2.05, 4.69) is 15.6 Å². The highest BCUT2D eigenvalue weighted by Crippen LogP contribution is 2.18. The summed E-state index contributed by atoms with van der Waals surface area (Å²) in [7, 11) is 0. The lowest BCUT2D eigenvalue weighted by atomic mass is 10.1. The Labute approximate surface area is 141 Å². The number of rotatable bonds is 5. The summed E-state index contributed by atoms with van der Waals surface area (Å²) in [6.07, 6.45) is 7.87. The second-order valence-electron chi connectivity index (χ2n) is 6.07. The Morgan fingerprint density at radius 3 is 2.12 bits per heavy atom. The third kappa shape index (κ3) is 4.19. The van der Waals surface area contributed by atoms with Gasteiger partial charge in [-0.15, -0.1) is 0 Å². The first-order chi connectivity index (χ1) is 11.7. The molecule has 1 heterocycles. The molecule has 5 nitrogen and oxygen atoms in total. The van der Waals surface area contributed by atoms with Gasteiger partial charge in [-0.05, 0) is 54.8 Å². The fourth-order valence-electron chi connectivity index (χ4n) is 2.90. The molecule has 2 N–H and O–H groups in total. The van der Waals surface area contributed by atoms with Gasteiger partial charge in [0.1, 0.15) is 0 Å². The Morgan fingerprint density at radius 2 is 1.50 bits per heavy atom. The SMILES string of the molecule is O=C(NCc1ccncc1)c1ccc(C(=O)NC2CCCC2)cc1. The zero-order chi connectivity index (χ0) is 16.8. The average Bonchev–Trinajstić information content (AvgIpc) is 3.13. The predicted octanol–water partition coefficient (Wildman–Crippen LogP) is 2.68. The summed E-state index contributed by atoms with van der Waals surface area (Å²) in [6, 6.07) is 10.8. The van der Waals surface area contributed by atoms with E-state index < -0.39 is 0 Å². The maximum absolute atomic E-state index is 12.2. The average molecular weight is 323 g/mol. The number of nitrogens with zero attached hydrogens (tertiary/aromatic N) is 1. The number of benzene rings is 1. The minimum Gasteiger partial charge on any atom is -0.349 e. The Kier molecular flexibility index (Phi) is 5.21. The van der Waals surface area contributed by atoms with Crippen LogP contribution in [-0.2, 0) is 6.54 Å². The van der Waals surface area contributed by atoms with E-state index in [0.717, 1.165) is 18.4 Å². The molecule has 3 rings (SSSR count). The van der Waals surface area contributed by atoms with Crippen molar-refractivity contribution < 1.29 is 9.59 Å².